The second kappa shape index (κ2) is 6.57. The summed E-state index contributed by atoms with van der Waals surface area (Å²) in [6.45, 7) is 0. The Labute approximate surface area is 128 Å². The predicted octanol–water partition coefficient (Wildman–Crippen LogP) is 2.42. The van der Waals surface area contributed by atoms with Crippen molar-refractivity contribution in [1.29, 1.82) is 10.5 Å². The van der Waals surface area contributed by atoms with Gasteiger partial charge in [-0.2, -0.15) is 10.5 Å². The number of nitrogens with one attached hydrogen (secondary N) is 1. The molecule has 2 aromatic rings. The molecular formula is C16H11N3O2S. The van der Waals surface area contributed by atoms with Crippen LogP contribution in [-0.2, 0) is 9.84 Å². The minimum Gasteiger partial charge on any atom is -0.290 e. The summed E-state index contributed by atoms with van der Waals surface area (Å²) in [5.41, 5.74) is 0.412. The summed E-state index contributed by atoms with van der Waals surface area (Å²) in [5, 5.41) is 20.5. The molecule has 1 N–H and O–H groups in total. The average molecular weight is 309 g/mol. The summed E-state index contributed by atoms with van der Waals surface area (Å²) in [4.78, 5) is -0.494. The molecule has 0 atom stereocenters. The molecular weight excluding hydrogens is 298 g/mol. The molecule has 0 saturated carbocycles. The standard InChI is InChI=1S/C16H11N3O2S/c17-11-15(22(20,21)14-9-5-2-6-10-14)16(19-12-18)13-7-3-1-4-8-13/h1-10,19H/b16-15+. The van der Waals surface area contributed by atoms with Gasteiger partial charge in [-0.25, -0.2) is 8.42 Å². The van der Waals surface area contributed by atoms with Gasteiger partial charge in [-0.1, -0.05) is 48.5 Å². The number of nitriles is 2. The molecule has 2 aromatic carbocycles. The van der Waals surface area contributed by atoms with Gasteiger partial charge in [0.05, 0.1) is 10.6 Å². The van der Waals surface area contributed by atoms with Gasteiger partial charge in [-0.05, 0) is 12.1 Å². The Morgan fingerprint density at radius 3 is 1.95 bits per heavy atom. The van der Waals surface area contributed by atoms with Gasteiger partial charge in [0, 0.05) is 5.56 Å². The van der Waals surface area contributed by atoms with Gasteiger partial charge in [-0.3, -0.25) is 5.32 Å². The summed E-state index contributed by atoms with van der Waals surface area (Å²) >= 11 is 0. The summed E-state index contributed by atoms with van der Waals surface area (Å²) in [6, 6.07) is 17.7. The van der Waals surface area contributed by atoms with Crippen LogP contribution in [0.5, 0.6) is 0 Å². The molecule has 0 saturated heterocycles. The molecule has 0 radical (unpaired) electrons. The summed E-state index contributed by atoms with van der Waals surface area (Å²) in [5.74, 6) is 0. The second-order valence-electron chi connectivity index (χ2n) is 4.24. The third-order valence-electron chi connectivity index (χ3n) is 2.89. The molecule has 0 aliphatic heterocycles. The monoisotopic (exact) mass is 309 g/mol. The summed E-state index contributed by atoms with van der Waals surface area (Å²) in [7, 11) is -4.02. The van der Waals surface area contributed by atoms with E-state index < -0.39 is 14.7 Å². The Balaban J connectivity index is 2.71. The highest BCUT2D eigenvalue weighted by atomic mass is 32.2. The third kappa shape index (κ3) is 2.98. The van der Waals surface area contributed by atoms with E-state index in [0.717, 1.165) is 0 Å². The lowest BCUT2D eigenvalue weighted by Crippen LogP contribution is -2.13. The van der Waals surface area contributed by atoms with Crippen LogP contribution < -0.4 is 5.32 Å². The Bertz CT molecular complexity index is 874. The zero-order chi connectivity index (χ0) is 16.0. The fourth-order valence-electron chi connectivity index (χ4n) is 1.89. The molecule has 0 aliphatic carbocycles. The minimum absolute atomic E-state index is 0.000258. The number of benzene rings is 2. The molecule has 0 unspecified atom stereocenters. The normalized spacial score (nSPS) is 11.7. The maximum atomic E-state index is 12.6. The zero-order valence-corrected chi connectivity index (χ0v) is 12.2. The van der Waals surface area contributed by atoms with Crippen molar-refractivity contribution in [3.63, 3.8) is 0 Å². The zero-order valence-electron chi connectivity index (χ0n) is 11.4. The van der Waals surface area contributed by atoms with Crippen LogP contribution in [0.3, 0.4) is 0 Å². The second-order valence-corrected chi connectivity index (χ2v) is 6.12. The number of allylic oxidation sites excluding steroid dienone is 1. The SMILES string of the molecule is N#CN/C(=C(\C#N)S(=O)(=O)c1ccccc1)c1ccccc1. The molecule has 2 rings (SSSR count). The van der Waals surface area contributed by atoms with E-state index >= 15 is 0 Å². The van der Waals surface area contributed by atoms with E-state index in [1.165, 1.54) is 12.1 Å². The average Bonchev–Trinajstić information content (AvgIpc) is 2.56. The van der Waals surface area contributed by atoms with Crippen LogP contribution >= 0.6 is 0 Å². The van der Waals surface area contributed by atoms with Gasteiger partial charge in [0.1, 0.15) is 6.07 Å². The van der Waals surface area contributed by atoms with E-state index in [1.54, 1.807) is 60.8 Å². The van der Waals surface area contributed by atoms with Crippen molar-refractivity contribution in [3.05, 3.63) is 71.1 Å². The maximum absolute atomic E-state index is 12.6. The van der Waals surface area contributed by atoms with Crippen molar-refractivity contribution in [2.45, 2.75) is 4.90 Å². The van der Waals surface area contributed by atoms with Crippen LogP contribution in [0.15, 0.2) is 70.5 Å². The fourth-order valence-corrected chi connectivity index (χ4v) is 3.20. The van der Waals surface area contributed by atoms with Crippen LogP contribution in [0.1, 0.15) is 5.56 Å². The van der Waals surface area contributed by atoms with Crippen molar-refractivity contribution in [3.8, 4) is 12.3 Å². The molecule has 0 aromatic heterocycles. The van der Waals surface area contributed by atoms with Gasteiger partial charge in [0.2, 0.25) is 9.84 Å². The highest BCUT2D eigenvalue weighted by Gasteiger charge is 2.25. The first-order valence-electron chi connectivity index (χ1n) is 6.26. The van der Waals surface area contributed by atoms with Crippen LogP contribution in [0.4, 0.5) is 0 Å². The lowest BCUT2D eigenvalue weighted by atomic mass is 10.1. The van der Waals surface area contributed by atoms with E-state index in [4.69, 9.17) is 5.26 Å². The van der Waals surface area contributed by atoms with E-state index in [-0.39, 0.29) is 10.6 Å². The first kappa shape index (κ1) is 15.3. The van der Waals surface area contributed by atoms with Crippen LogP contribution in [0, 0.1) is 22.8 Å². The van der Waals surface area contributed by atoms with Gasteiger partial charge in [0.25, 0.3) is 0 Å². The summed E-state index contributed by atoms with van der Waals surface area (Å²) in [6.07, 6.45) is 1.68. The molecule has 0 amide bonds. The topological polar surface area (TPSA) is 93.8 Å². The third-order valence-corrected chi connectivity index (χ3v) is 4.62. The van der Waals surface area contributed by atoms with Crippen molar-refractivity contribution < 1.29 is 8.42 Å². The molecule has 108 valence electrons. The first-order chi connectivity index (χ1) is 10.6. The molecule has 0 fully saturated rings. The summed E-state index contributed by atoms with van der Waals surface area (Å²) < 4.78 is 25.2. The van der Waals surface area contributed by atoms with Gasteiger partial charge in [0.15, 0.2) is 11.1 Å². The number of nitrogens with zero attached hydrogens (tertiary/aromatic N) is 2. The van der Waals surface area contributed by atoms with Gasteiger partial charge >= 0.3 is 0 Å². The Morgan fingerprint density at radius 2 is 1.45 bits per heavy atom. The lowest BCUT2D eigenvalue weighted by molar-refractivity contribution is 0.603. The smallest absolute Gasteiger partial charge is 0.218 e. The van der Waals surface area contributed by atoms with Crippen molar-refractivity contribution in [2.75, 3.05) is 0 Å². The first-order valence-corrected chi connectivity index (χ1v) is 7.74. The molecule has 0 bridgehead atoms. The molecule has 6 heteroatoms. The van der Waals surface area contributed by atoms with Crippen molar-refractivity contribution in [2.24, 2.45) is 0 Å². The Morgan fingerprint density at radius 1 is 0.909 bits per heavy atom. The van der Waals surface area contributed by atoms with Crippen molar-refractivity contribution >= 4 is 15.5 Å². The highest BCUT2D eigenvalue weighted by Crippen LogP contribution is 2.25. The largest absolute Gasteiger partial charge is 0.290 e. The Hall–Kier alpha value is -3.09. The van der Waals surface area contributed by atoms with E-state index in [2.05, 4.69) is 5.32 Å². The minimum atomic E-state index is -4.02. The van der Waals surface area contributed by atoms with Crippen molar-refractivity contribution in [1.82, 2.24) is 5.32 Å². The molecule has 0 heterocycles. The van der Waals surface area contributed by atoms with Crippen LogP contribution in [0.25, 0.3) is 5.70 Å². The quantitative estimate of drug-likeness (QED) is 0.532. The number of rotatable bonds is 4. The fraction of sp³-hybridized carbons (Fsp3) is 0. The predicted molar refractivity (Wildman–Crippen MR) is 81.4 cm³/mol. The molecule has 0 aliphatic rings. The molecule has 0 spiro atoms. The van der Waals surface area contributed by atoms with Crippen LogP contribution in [-0.4, -0.2) is 8.42 Å². The molecule has 22 heavy (non-hydrogen) atoms. The number of hydrogen-bond donors (Lipinski definition) is 1. The number of hydrogen-bond acceptors (Lipinski definition) is 5. The number of sulfone groups is 1. The van der Waals surface area contributed by atoms with Gasteiger partial charge < -0.3 is 0 Å². The van der Waals surface area contributed by atoms with E-state index in [0.29, 0.717) is 5.56 Å². The highest BCUT2D eigenvalue weighted by molar-refractivity contribution is 7.95. The Kier molecular flexibility index (Phi) is 4.57. The van der Waals surface area contributed by atoms with Gasteiger partial charge in [-0.15, -0.1) is 0 Å². The maximum Gasteiger partial charge on any atom is 0.218 e. The van der Waals surface area contributed by atoms with E-state index in [1.807, 2.05) is 0 Å². The lowest BCUT2D eigenvalue weighted by Gasteiger charge is -2.09. The molecule has 5 nitrogen and oxygen atoms in total. The van der Waals surface area contributed by atoms with E-state index in [9.17, 15) is 13.7 Å². The van der Waals surface area contributed by atoms with Crippen LogP contribution in [0.2, 0.25) is 0 Å².